The van der Waals surface area contributed by atoms with Gasteiger partial charge in [0.1, 0.15) is 23.5 Å². The van der Waals surface area contributed by atoms with Crippen LogP contribution in [-0.4, -0.2) is 135 Å². The third-order valence-corrected chi connectivity index (χ3v) is 22.3. The molecular formula is C97H123Ir3N17O6PtSi-6. The van der Waals surface area contributed by atoms with Crippen molar-refractivity contribution < 1.29 is 111 Å². The van der Waals surface area contributed by atoms with Crippen LogP contribution in [0, 0.1) is 79.3 Å². The summed E-state index contributed by atoms with van der Waals surface area (Å²) < 4.78 is 20.6. The van der Waals surface area contributed by atoms with Gasteiger partial charge in [-0.2, -0.15) is 67.1 Å². The molecule has 2 atom stereocenters. The molecule has 0 saturated carbocycles. The Bertz CT molecular complexity index is 5080. The monoisotopic (exact) mass is 2420 g/mol. The van der Waals surface area contributed by atoms with Crippen LogP contribution >= 0.6 is 0 Å². The minimum absolute atomic E-state index is 0. The Morgan fingerprint density at radius 2 is 0.992 bits per heavy atom. The van der Waals surface area contributed by atoms with E-state index in [4.69, 9.17) is 18.9 Å². The normalized spacial score (nSPS) is 13.0. The average molecular weight is 2420 g/mol. The number of aryl methyl sites for hydroxylation is 4. The van der Waals surface area contributed by atoms with E-state index in [0.717, 1.165) is 86.2 Å². The molecule has 1 saturated heterocycles. The van der Waals surface area contributed by atoms with Crippen LogP contribution < -0.4 is 54.6 Å². The van der Waals surface area contributed by atoms with E-state index < -0.39 is 20.3 Å². The molecule has 125 heavy (non-hydrogen) atoms. The second kappa shape index (κ2) is 48.5. The fourth-order valence-corrected chi connectivity index (χ4v) is 13.9. The largest absolute Gasteiger partial charge is 2.00 e. The van der Waals surface area contributed by atoms with E-state index in [1.165, 1.54) is 56.8 Å². The molecule has 0 bridgehead atoms. The summed E-state index contributed by atoms with van der Waals surface area (Å²) in [4.78, 5) is 40.4. The first-order valence-electron chi connectivity index (χ1n) is 40.5. The maximum absolute atomic E-state index is 9.91. The van der Waals surface area contributed by atoms with Crippen molar-refractivity contribution in [3.05, 3.63) is 258 Å². The van der Waals surface area contributed by atoms with Crippen LogP contribution in [0.5, 0.6) is 23.7 Å². The van der Waals surface area contributed by atoms with Crippen molar-refractivity contribution in [2.75, 3.05) is 64.0 Å². The van der Waals surface area contributed by atoms with Gasteiger partial charge < -0.3 is 84.2 Å². The van der Waals surface area contributed by atoms with E-state index in [1.54, 1.807) is 53.6 Å². The number of aromatic nitrogens is 12. The molecular weight excluding hydrogens is 2300 g/mol. The van der Waals surface area contributed by atoms with E-state index in [1.807, 2.05) is 149 Å². The number of pyridine rings is 6. The van der Waals surface area contributed by atoms with E-state index in [-0.39, 0.29) is 115 Å². The van der Waals surface area contributed by atoms with Gasteiger partial charge in [-0.3, -0.25) is 25.4 Å². The summed E-state index contributed by atoms with van der Waals surface area (Å²) in [6.07, 6.45) is 10.8. The van der Waals surface area contributed by atoms with Crippen molar-refractivity contribution in [2.24, 2.45) is 0 Å². The zero-order chi connectivity index (χ0) is 89.1. The number of nitrogens with one attached hydrogen (secondary N) is 1. The van der Waals surface area contributed by atoms with Gasteiger partial charge in [-0.25, -0.2) is 4.98 Å². The zero-order valence-electron chi connectivity index (χ0n) is 77.6. The topological polar surface area (TPSA) is 259 Å². The van der Waals surface area contributed by atoms with Crippen molar-refractivity contribution in [2.45, 2.75) is 198 Å². The Labute approximate surface area is 799 Å². The minimum Gasteiger partial charge on any atom is -0.574 e. The van der Waals surface area contributed by atoms with Crippen LogP contribution in [-0.2, 0) is 103 Å². The Kier molecular flexibility index (Phi) is 42.2. The minimum atomic E-state index is -1.20. The number of para-hydroxylation sites is 1. The number of methoxy groups -OCH3 is 4. The van der Waals surface area contributed by atoms with Gasteiger partial charge in [0.25, 0.3) is 0 Å². The average Bonchev–Trinajstić information content (AvgIpc) is 1.50. The second-order valence-corrected chi connectivity index (χ2v) is 40.2. The van der Waals surface area contributed by atoms with Gasteiger partial charge in [0.2, 0.25) is 6.01 Å². The number of hydrazine groups is 1. The van der Waals surface area contributed by atoms with Crippen LogP contribution in [0.4, 0.5) is 22.9 Å². The number of rotatable bonds is 14. The fraction of sp³-hybridized carbons (Fsp3) is 0.381. The number of aliphatic hydroxyl groups is 2. The second-order valence-electron chi connectivity index (χ2n) is 35.1. The van der Waals surface area contributed by atoms with Gasteiger partial charge in [0.05, 0.1) is 40.6 Å². The molecule has 14 rings (SSSR count). The smallest absolute Gasteiger partial charge is 0.574 e. The molecule has 3 radical (unpaired) electrons. The predicted octanol–water partition coefficient (Wildman–Crippen LogP) is 18.0. The Morgan fingerprint density at radius 3 is 1.39 bits per heavy atom. The van der Waals surface area contributed by atoms with Gasteiger partial charge in [-0.1, -0.05) is 162 Å². The first kappa shape index (κ1) is 109. The molecule has 3 aromatic carbocycles. The third kappa shape index (κ3) is 30.8. The van der Waals surface area contributed by atoms with Crippen molar-refractivity contribution >= 4 is 36.1 Å². The number of anilines is 4. The number of aliphatic hydroxyl groups excluding tert-OH is 2. The molecule has 0 amide bonds. The molecule has 2 aliphatic heterocycles. The van der Waals surface area contributed by atoms with Crippen molar-refractivity contribution in [3.63, 3.8) is 0 Å². The van der Waals surface area contributed by atoms with Crippen LogP contribution in [0.15, 0.2) is 158 Å². The summed E-state index contributed by atoms with van der Waals surface area (Å²) in [6.45, 7) is 53.7. The number of hydrogen-bond acceptors (Lipinski definition) is 21. The quantitative estimate of drug-likeness (QED) is 0.0675. The standard InChI is InChI=1S/C16H19N2O2.C15H18N3O2.C15H24O2.C13H11N3.2C13H16N3.C12H19N3Si.3Ir.Pt/c1-16(2,3)11-8-9-17-13(10-11)12-6-7-14(19-4)18-15(12)20-5;1-15(2,3)10-6-7-16-12(8-10)11-9-17-14(20-5)18-13(11)19-4;1-8-7-9(2)11(4)14(10(8)3)15(12(5)16)13(6)17;1-15-10-16(11-6-3-2-4-7-11)13-12(15)8-5-9-14-13;2*1-9-7-12(16-15-9)11-8-10(5-6-14-11)13(2,3)4;1-14-9-13-15(10-14)11-5-7-12(8-6-11)16(2,3)4;;;;/h7-10H,1-5H3;6-8H,1-5H3;7,12-13,15-17H,1-6H3;2-6,8-10H,1H3;2*5-8H,1-4H3;5,7-8,10,13H,9H2,1-4H3;;;;/q2*-1;;-2;2*-1;-2;;;;+2. The number of benzene rings is 3. The van der Waals surface area contributed by atoms with Gasteiger partial charge in [0.15, 0.2) is 0 Å². The zero-order valence-corrected chi connectivity index (χ0v) is 88.1. The van der Waals surface area contributed by atoms with Crippen LogP contribution in [0.2, 0.25) is 19.6 Å². The summed E-state index contributed by atoms with van der Waals surface area (Å²) in [5, 5.41) is 39.5. The molecule has 12 aromatic rings. The Balaban J connectivity index is 0.000000305. The fourth-order valence-electron chi connectivity index (χ4n) is 12.8. The number of nitrogens with zero attached hydrogens (tertiary/aromatic N) is 16. The van der Waals surface area contributed by atoms with Crippen molar-refractivity contribution in [1.82, 2.24) is 70.6 Å². The summed E-state index contributed by atoms with van der Waals surface area (Å²) in [7, 11) is 9.05. The molecule has 2 unspecified atom stereocenters. The molecule has 0 spiro atoms. The SMILES string of the molecule is CN1[CH-]N(c2[c-]cc([Si](C)(C)C)cc2)NC1.CN1[CH-]N(c2[c-]cccc2)c2ncccc21.COc1c[c-]c(-c2cc(C(C)(C)C)ccn2)c(OC)n1.COc1n[c-]c(-c2cc(C(C)(C)C)ccn2)c(OC)n1.Cc1cc(-c2cc(C(C)(C)C)ccn2)[n-]n1.Cc1cc(-c2cc(C(C)(C)C)ccn2)[n-]n1.Cc1cc(C)c(C)c(C(C(C)O)C(C)O)c1C.[Ir].[Ir].[Ir].[Pt+2]. The number of fused-ring (bicyclic) bond motifs is 1. The molecule has 23 nitrogen and oxygen atoms in total. The molecule has 9 aromatic heterocycles. The Morgan fingerprint density at radius 1 is 0.512 bits per heavy atom. The molecule has 2 aliphatic rings. The van der Waals surface area contributed by atoms with E-state index in [9.17, 15) is 10.2 Å². The molecule has 28 heteroatoms. The molecule has 1 fully saturated rings. The van der Waals surface area contributed by atoms with E-state index in [2.05, 4.69) is 273 Å². The van der Waals surface area contributed by atoms with Gasteiger partial charge >= 0.3 is 21.1 Å². The van der Waals surface area contributed by atoms with Crippen LogP contribution in [0.3, 0.4) is 0 Å². The van der Waals surface area contributed by atoms with E-state index >= 15 is 0 Å². The van der Waals surface area contributed by atoms with Crippen LogP contribution in [0.25, 0.3) is 45.3 Å². The van der Waals surface area contributed by atoms with Crippen LogP contribution in [0.1, 0.15) is 164 Å². The van der Waals surface area contributed by atoms with Gasteiger partial charge in [-0.15, -0.1) is 17.8 Å². The molecule has 0 aliphatic carbocycles. The maximum atomic E-state index is 9.91. The van der Waals surface area contributed by atoms with Gasteiger partial charge in [-0.05, 0) is 213 Å². The Hall–Kier alpha value is -8.65. The van der Waals surface area contributed by atoms with Crippen molar-refractivity contribution in [1.29, 1.82) is 0 Å². The molecule has 3 N–H and O–H groups in total. The summed E-state index contributed by atoms with van der Waals surface area (Å²) in [5.74, 6) is 2.07. The predicted molar refractivity (Wildman–Crippen MR) is 489 cm³/mol. The summed E-state index contributed by atoms with van der Waals surface area (Å²) in [5.41, 5.74) is 25.9. The number of ether oxygens (including phenoxy) is 4. The molecule has 11 heterocycles. The summed E-state index contributed by atoms with van der Waals surface area (Å²) >= 11 is 0. The first-order valence-corrected chi connectivity index (χ1v) is 44.0. The maximum Gasteiger partial charge on any atom is 2.00 e. The number of hydrogen-bond donors (Lipinski definition) is 3. The first-order chi connectivity index (χ1) is 56.9. The van der Waals surface area contributed by atoms with Gasteiger partial charge in [0, 0.05) is 140 Å². The van der Waals surface area contributed by atoms with Crippen molar-refractivity contribution in [3.8, 4) is 68.9 Å². The third-order valence-electron chi connectivity index (χ3n) is 20.2. The molecule has 679 valence electrons. The summed E-state index contributed by atoms with van der Waals surface area (Å²) in [6, 6.07) is 52.4. The van der Waals surface area contributed by atoms with E-state index in [0.29, 0.717) is 23.2 Å².